The van der Waals surface area contributed by atoms with Gasteiger partial charge < -0.3 is 14.8 Å². The number of ether oxygens (including phenoxy) is 2. The number of nitrogens with one attached hydrogen (secondary N) is 1. The fourth-order valence-corrected chi connectivity index (χ4v) is 1.56. The van der Waals surface area contributed by atoms with Gasteiger partial charge in [-0.1, -0.05) is 30.4 Å². The summed E-state index contributed by atoms with van der Waals surface area (Å²) in [7, 11) is 0. The Balaban J connectivity index is 1.90. The number of fused-ring (bicyclic) bond motifs is 1. The Kier molecular flexibility index (Phi) is 4.39. The molecule has 1 amide bonds. The summed E-state index contributed by atoms with van der Waals surface area (Å²) >= 11 is 0. The Morgan fingerprint density at radius 1 is 1.32 bits per heavy atom. The van der Waals surface area contributed by atoms with Crippen molar-refractivity contribution in [1.82, 2.24) is 5.32 Å². The predicted octanol–water partition coefficient (Wildman–Crippen LogP) is 2.29. The minimum absolute atomic E-state index is 0.143. The number of benzene rings is 1. The van der Waals surface area contributed by atoms with Gasteiger partial charge >= 0.3 is 0 Å². The lowest BCUT2D eigenvalue weighted by Crippen LogP contribution is -2.20. The van der Waals surface area contributed by atoms with Crippen LogP contribution in [-0.2, 0) is 4.79 Å². The van der Waals surface area contributed by atoms with Crippen LogP contribution in [0.3, 0.4) is 0 Å². The van der Waals surface area contributed by atoms with Crippen LogP contribution in [0.2, 0.25) is 0 Å². The molecule has 0 saturated carbocycles. The van der Waals surface area contributed by atoms with Crippen molar-refractivity contribution in [2.24, 2.45) is 0 Å². The minimum atomic E-state index is -0.143. The highest BCUT2D eigenvalue weighted by molar-refractivity contribution is 5.88. The van der Waals surface area contributed by atoms with E-state index in [2.05, 4.69) is 11.9 Å². The zero-order chi connectivity index (χ0) is 13.5. The van der Waals surface area contributed by atoms with E-state index in [1.54, 1.807) is 18.2 Å². The van der Waals surface area contributed by atoms with Gasteiger partial charge in [0.05, 0.1) is 0 Å². The quantitative estimate of drug-likeness (QED) is 0.500. The number of hydrogen-bond acceptors (Lipinski definition) is 3. The summed E-state index contributed by atoms with van der Waals surface area (Å²) < 4.78 is 10.5. The Bertz CT molecular complexity index is 532. The van der Waals surface area contributed by atoms with Crippen LogP contribution in [0.25, 0.3) is 6.08 Å². The van der Waals surface area contributed by atoms with Crippen molar-refractivity contribution in [1.29, 1.82) is 0 Å². The summed E-state index contributed by atoms with van der Waals surface area (Å²) in [6.07, 6.45) is 8.47. The zero-order valence-corrected chi connectivity index (χ0v) is 10.5. The Morgan fingerprint density at radius 2 is 2.16 bits per heavy atom. The first-order chi connectivity index (χ1) is 9.29. The summed E-state index contributed by atoms with van der Waals surface area (Å²) in [4.78, 5) is 11.3. The van der Waals surface area contributed by atoms with Crippen LogP contribution in [0.1, 0.15) is 5.56 Å². The van der Waals surface area contributed by atoms with E-state index in [4.69, 9.17) is 9.47 Å². The summed E-state index contributed by atoms with van der Waals surface area (Å²) in [6, 6.07) is 5.68. The normalized spacial score (nSPS) is 13.1. The molecule has 1 aromatic rings. The second-order valence-corrected chi connectivity index (χ2v) is 3.86. The van der Waals surface area contributed by atoms with Gasteiger partial charge in [-0.15, -0.1) is 6.58 Å². The third kappa shape index (κ3) is 3.74. The predicted molar refractivity (Wildman–Crippen MR) is 73.9 cm³/mol. The molecule has 4 nitrogen and oxygen atoms in total. The van der Waals surface area contributed by atoms with Gasteiger partial charge in [0.25, 0.3) is 0 Å². The van der Waals surface area contributed by atoms with Crippen LogP contribution in [-0.4, -0.2) is 19.2 Å². The highest BCUT2D eigenvalue weighted by Gasteiger charge is 2.11. The number of rotatable bonds is 5. The molecule has 0 saturated heterocycles. The van der Waals surface area contributed by atoms with Gasteiger partial charge in [-0.3, -0.25) is 4.79 Å². The number of amides is 1. The van der Waals surface area contributed by atoms with E-state index in [1.807, 2.05) is 24.3 Å². The van der Waals surface area contributed by atoms with Crippen molar-refractivity contribution in [3.05, 3.63) is 54.6 Å². The molecule has 0 bridgehead atoms. The van der Waals surface area contributed by atoms with Crippen LogP contribution >= 0.6 is 0 Å². The molecule has 1 aliphatic rings. The van der Waals surface area contributed by atoms with Gasteiger partial charge in [-0.05, 0) is 17.7 Å². The Hall–Kier alpha value is -2.49. The zero-order valence-electron chi connectivity index (χ0n) is 10.5. The minimum Gasteiger partial charge on any atom is -0.454 e. The number of carbonyl (C=O) groups is 1. The van der Waals surface area contributed by atoms with E-state index in [9.17, 15) is 4.79 Å². The molecule has 0 aromatic heterocycles. The first-order valence-corrected chi connectivity index (χ1v) is 5.93. The van der Waals surface area contributed by atoms with Crippen LogP contribution in [0, 0.1) is 0 Å². The molecule has 19 heavy (non-hydrogen) atoms. The molecular formula is C15H15NO3. The van der Waals surface area contributed by atoms with Gasteiger partial charge in [0.1, 0.15) is 0 Å². The molecule has 0 atom stereocenters. The summed E-state index contributed by atoms with van der Waals surface area (Å²) in [6.45, 7) is 4.26. The highest BCUT2D eigenvalue weighted by atomic mass is 16.7. The van der Waals surface area contributed by atoms with Gasteiger partial charge in [-0.25, -0.2) is 0 Å². The lowest BCUT2D eigenvalue weighted by Gasteiger charge is -1.97. The average Bonchev–Trinajstić information content (AvgIpc) is 2.88. The maximum absolute atomic E-state index is 11.3. The molecular weight excluding hydrogens is 242 g/mol. The fourth-order valence-electron chi connectivity index (χ4n) is 1.56. The smallest absolute Gasteiger partial charge is 0.244 e. The van der Waals surface area contributed by atoms with E-state index < -0.39 is 0 Å². The number of carbonyl (C=O) groups excluding carboxylic acids is 1. The molecule has 4 heteroatoms. The average molecular weight is 257 g/mol. The number of hydrogen-bond donors (Lipinski definition) is 1. The van der Waals surface area contributed by atoms with E-state index in [1.165, 1.54) is 6.08 Å². The van der Waals surface area contributed by atoms with E-state index in [0.717, 1.165) is 17.1 Å². The second kappa shape index (κ2) is 6.44. The molecule has 0 radical (unpaired) electrons. The third-order valence-electron chi connectivity index (χ3n) is 2.46. The van der Waals surface area contributed by atoms with Crippen molar-refractivity contribution < 1.29 is 14.3 Å². The molecule has 98 valence electrons. The lowest BCUT2D eigenvalue weighted by atomic mass is 10.2. The van der Waals surface area contributed by atoms with Crippen LogP contribution in [0.15, 0.2) is 49.1 Å². The SMILES string of the molecule is C=CCNC(=O)C=CC=Cc1ccc2c(c1)OCO2. The Morgan fingerprint density at radius 3 is 3.00 bits per heavy atom. The molecule has 1 N–H and O–H groups in total. The monoisotopic (exact) mass is 257 g/mol. The molecule has 1 heterocycles. The van der Waals surface area contributed by atoms with Crippen molar-refractivity contribution >= 4 is 12.0 Å². The molecule has 1 aromatic carbocycles. The maximum atomic E-state index is 11.3. The lowest BCUT2D eigenvalue weighted by molar-refractivity contribution is -0.116. The third-order valence-corrected chi connectivity index (χ3v) is 2.46. The Labute approximate surface area is 112 Å². The van der Waals surface area contributed by atoms with Gasteiger partial charge in [0.2, 0.25) is 12.7 Å². The van der Waals surface area contributed by atoms with Gasteiger partial charge in [-0.2, -0.15) is 0 Å². The number of allylic oxidation sites excluding steroid dienone is 2. The van der Waals surface area contributed by atoms with Crippen LogP contribution in [0.5, 0.6) is 11.5 Å². The van der Waals surface area contributed by atoms with Crippen molar-refractivity contribution in [2.75, 3.05) is 13.3 Å². The van der Waals surface area contributed by atoms with Crippen molar-refractivity contribution in [3.8, 4) is 11.5 Å². The van der Waals surface area contributed by atoms with Crippen LogP contribution < -0.4 is 14.8 Å². The summed E-state index contributed by atoms with van der Waals surface area (Å²) in [5.41, 5.74) is 0.986. The van der Waals surface area contributed by atoms with Crippen LogP contribution in [0.4, 0.5) is 0 Å². The molecule has 0 unspecified atom stereocenters. The highest BCUT2D eigenvalue weighted by Crippen LogP contribution is 2.32. The first kappa shape index (κ1) is 13.0. The first-order valence-electron chi connectivity index (χ1n) is 5.93. The van der Waals surface area contributed by atoms with Crippen molar-refractivity contribution in [2.45, 2.75) is 0 Å². The second-order valence-electron chi connectivity index (χ2n) is 3.86. The molecule has 0 spiro atoms. The van der Waals surface area contributed by atoms with Gasteiger partial charge in [0, 0.05) is 12.6 Å². The molecule has 0 aliphatic carbocycles. The fraction of sp³-hybridized carbons (Fsp3) is 0.133. The summed E-state index contributed by atoms with van der Waals surface area (Å²) in [5, 5.41) is 2.65. The maximum Gasteiger partial charge on any atom is 0.244 e. The van der Waals surface area contributed by atoms with E-state index in [-0.39, 0.29) is 12.7 Å². The van der Waals surface area contributed by atoms with Gasteiger partial charge in [0.15, 0.2) is 11.5 Å². The standard InChI is InChI=1S/C15H15NO3/c1-2-9-16-15(17)6-4-3-5-12-7-8-13-14(10-12)19-11-18-13/h2-8,10H,1,9,11H2,(H,16,17). The molecule has 2 rings (SSSR count). The van der Waals surface area contributed by atoms with Crippen molar-refractivity contribution in [3.63, 3.8) is 0 Å². The summed E-state index contributed by atoms with van der Waals surface area (Å²) in [5.74, 6) is 1.36. The molecule has 1 aliphatic heterocycles. The van der Waals surface area contributed by atoms with E-state index >= 15 is 0 Å². The molecule has 0 fully saturated rings. The van der Waals surface area contributed by atoms with E-state index in [0.29, 0.717) is 6.54 Å². The largest absolute Gasteiger partial charge is 0.454 e. The topological polar surface area (TPSA) is 47.6 Å².